The van der Waals surface area contributed by atoms with E-state index >= 15 is 0 Å². The molecule has 0 spiro atoms. The van der Waals surface area contributed by atoms with Gasteiger partial charge in [0, 0.05) is 16.5 Å². The SMILES string of the molecule is c1ccc(-c2ccc3c(c2)c2ccccc2n3-c2cccc(-c3cccc(-c4ccc5c6ccccc6c6ccccc6c5c4)c3)c2)cc1. The highest BCUT2D eigenvalue weighted by Crippen LogP contribution is 2.39. The summed E-state index contributed by atoms with van der Waals surface area (Å²) >= 11 is 0. The van der Waals surface area contributed by atoms with Gasteiger partial charge < -0.3 is 4.57 Å². The zero-order valence-corrected chi connectivity index (χ0v) is 26.8. The second-order valence-electron chi connectivity index (χ2n) is 12.9. The van der Waals surface area contributed by atoms with E-state index in [1.54, 1.807) is 0 Å². The fraction of sp³-hybridized carbons (Fsp3) is 0. The summed E-state index contributed by atoms with van der Waals surface area (Å²) in [5.41, 5.74) is 10.9. The number of para-hydroxylation sites is 1. The summed E-state index contributed by atoms with van der Waals surface area (Å²) in [4.78, 5) is 0. The molecule has 0 saturated heterocycles. The predicted octanol–water partition coefficient (Wildman–Crippen LogP) is 13.2. The Bertz CT molecular complexity index is 2840. The van der Waals surface area contributed by atoms with E-state index in [2.05, 4.69) is 193 Å². The van der Waals surface area contributed by atoms with Crippen LogP contribution in [0.1, 0.15) is 0 Å². The van der Waals surface area contributed by atoms with Crippen molar-refractivity contribution in [2.45, 2.75) is 0 Å². The van der Waals surface area contributed by atoms with E-state index in [9.17, 15) is 0 Å². The Morgan fingerprint density at radius 2 is 0.673 bits per heavy atom. The van der Waals surface area contributed by atoms with Gasteiger partial charge in [-0.05, 0) is 108 Å². The van der Waals surface area contributed by atoms with Crippen molar-refractivity contribution in [1.82, 2.24) is 4.57 Å². The summed E-state index contributed by atoms with van der Waals surface area (Å²) in [7, 11) is 0. The Hall–Kier alpha value is -6.44. The molecule has 0 radical (unpaired) electrons. The van der Waals surface area contributed by atoms with E-state index in [-0.39, 0.29) is 0 Å². The first-order valence-corrected chi connectivity index (χ1v) is 16.9. The molecule has 0 aliphatic heterocycles. The zero-order chi connectivity index (χ0) is 32.3. The maximum absolute atomic E-state index is 2.41. The molecular formula is C48H31N. The van der Waals surface area contributed by atoms with E-state index in [1.807, 2.05) is 0 Å². The number of hydrogen-bond donors (Lipinski definition) is 0. The minimum absolute atomic E-state index is 1.16. The summed E-state index contributed by atoms with van der Waals surface area (Å²) in [6, 6.07) is 68.7. The number of aromatic nitrogens is 1. The first-order chi connectivity index (χ1) is 24.3. The highest BCUT2D eigenvalue weighted by Gasteiger charge is 2.15. The Kier molecular flexibility index (Phi) is 6.25. The lowest BCUT2D eigenvalue weighted by molar-refractivity contribution is 1.18. The van der Waals surface area contributed by atoms with E-state index in [4.69, 9.17) is 0 Å². The van der Waals surface area contributed by atoms with Crippen LogP contribution in [0, 0.1) is 0 Å². The lowest BCUT2D eigenvalue weighted by atomic mass is 9.91. The average Bonchev–Trinajstić information content (AvgIpc) is 3.52. The molecule has 10 rings (SSSR count). The molecule has 9 aromatic carbocycles. The third-order valence-electron chi connectivity index (χ3n) is 10.2. The lowest BCUT2D eigenvalue weighted by Crippen LogP contribution is -1.94. The van der Waals surface area contributed by atoms with Gasteiger partial charge in [-0.3, -0.25) is 0 Å². The van der Waals surface area contributed by atoms with Gasteiger partial charge in [-0.25, -0.2) is 0 Å². The molecule has 0 saturated carbocycles. The molecular weight excluding hydrogens is 591 g/mol. The molecule has 0 aliphatic rings. The van der Waals surface area contributed by atoms with Crippen LogP contribution < -0.4 is 0 Å². The van der Waals surface area contributed by atoms with Crippen LogP contribution in [-0.2, 0) is 0 Å². The normalized spacial score (nSPS) is 11.7. The number of rotatable bonds is 4. The molecule has 0 aliphatic carbocycles. The van der Waals surface area contributed by atoms with Gasteiger partial charge in [-0.1, -0.05) is 146 Å². The maximum atomic E-state index is 2.41. The van der Waals surface area contributed by atoms with Crippen LogP contribution in [0.25, 0.3) is 93.2 Å². The summed E-state index contributed by atoms with van der Waals surface area (Å²) < 4.78 is 2.41. The van der Waals surface area contributed by atoms with Crippen LogP contribution in [-0.4, -0.2) is 4.57 Å². The molecule has 0 amide bonds. The quantitative estimate of drug-likeness (QED) is 0.172. The van der Waals surface area contributed by atoms with Crippen molar-refractivity contribution < 1.29 is 0 Å². The smallest absolute Gasteiger partial charge is 0.0541 e. The number of fused-ring (bicyclic) bond motifs is 9. The van der Waals surface area contributed by atoms with E-state index in [0.717, 1.165) is 5.69 Å². The fourth-order valence-electron chi connectivity index (χ4n) is 7.85. The van der Waals surface area contributed by atoms with Crippen molar-refractivity contribution in [2.24, 2.45) is 0 Å². The second kappa shape index (κ2) is 11.1. The highest BCUT2D eigenvalue weighted by atomic mass is 15.0. The van der Waals surface area contributed by atoms with Crippen molar-refractivity contribution in [3.05, 3.63) is 188 Å². The molecule has 10 aromatic rings. The Morgan fingerprint density at radius 1 is 0.224 bits per heavy atom. The summed E-state index contributed by atoms with van der Waals surface area (Å²) in [6.45, 7) is 0. The predicted molar refractivity (Wildman–Crippen MR) is 210 cm³/mol. The standard InChI is InChI=1S/C48H31N/c1-2-12-32(13-3-1)36-25-27-48-46(31-36)44-22-8-9-23-47(44)49(48)38-17-11-16-35(29-38)33-14-10-15-34(28-33)37-24-26-43-41-20-5-4-18-39(41)40-19-6-7-21-42(40)45(43)30-37/h1-31H. The third kappa shape index (κ3) is 4.47. The first kappa shape index (κ1) is 27.7. The molecule has 1 heterocycles. The molecule has 1 nitrogen and oxygen atoms in total. The summed E-state index contributed by atoms with van der Waals surface area (Å²) in [5.74, 6) is 0. The van der Waals surface area contributed by atoms with E-state index in [0.29, 0.717) is 0 Å². The van der Waals surface area contributed by atoms with Crippen molar-refractivity contribution >= 4 is 54.1 Å². The van der Waals surface area contributed by atoms with Crippen molar-refractivity contribution in [3.8, 4) is 39.1 Å². The molecule has 1 aromatic heterocycles. The van der Waals surface area contributed by atoms with Crippen LogP contribution in [0.2, 0.25) is 0 Å². The van der Waals surface area contributed by atoms with E-state index < -0.39 is 0 Å². The topological polar surface area (TPSA) is 4.93 Å². The molecule has 1 heteroatoms. The molecule has 0 bridgehead atoms. The highest BCUT2D eigenvalue weighted by molar-refractivity contribution is 6.25. The van der Waals surface area contributed by atoms with Crippen LogP contribution in [0.15, 0.2) is 188 Å². The number of nitrogens with zero attached hydrogens (tertiary/aromatic N) is 1. The van der Waals surface area contributed by atoms with Crippen molar-refractivity contribution in [2.75, 3.05) is 0 Å². The Balaban J connectivity index is 1.09. The summed E-state index contributed by atoms with van der Waals surface area (Å²) in [6.07, 6.45) is 0. The summed E-state index contributed by atoms with van der Waals surface area (Å²) in [5, 5.41) is 10.3. The van der Waals surface area contributed by atoms with Crippen molar-refractivity contribution in [3.63, 3.8) is 0 Å². The first-order valence-electron chi connectivity index (χ1n) is 16.9. The second-order valence-corrected chi connectivity index (χ2v) is 12.9. The lowest BCUT2D eigenvalue weighted by Gasteiger charge is -2.13. The van der Waals surface area contributed by atoms with Crippen LogP contribution >= 0.6 is 0 Å². The van der Waals surface area contributed by atoms with Crippen LogP contribution in [0.4, 0.5) is 0 Å². The molecule has 0 fully saturated rings. The van der Waals surface area contributed by atoms with Gasteiger partial charge in [0.25, 0.3) is 0 Å². The molecule has 228 valence electrons. The van der Waals surface area contributed by atoms with Gasteiger partial charge in [0.15, 0.2) is 0 Å². The van der Waals surface area contributed by atoms with Crippen LogP contribution in [0.5, 0.6) is 0 Å². The molecule has 0 atom stereocenters. The van der Waals surface area contributed by atoms with Crippen molar-refractivity contribution in [1.29, 1.82) is 0 Å². The van der Waals surface area contributed by atoms with Gasteiger partial charge in [0.1, 0.15) is 0 Å². The van der Waals surface area contributed by atoms with Gasteiger partial charge >= 0.3 is 0 Å². The molecule has 0 unspecified atom stereocenters. The minimum Gasteiger partial charge on any atom is -0.309 e. The minimum atomic E-state index is 1.16. The Labute approximate surface area is 284 Å². The largest absolute Gasteiger partial charge is 0.309 e. The maximum Gasteiger partial charge on any atom is 0.0541 e. The zero-order valence-electron chi connectivity index (χ0n) is 26.8. The monoisotopic (exact) mass is 621 g/mol. The average molecular weight is 622 g/mol. The van der Waals surface area contributed by atoms with Crippen LogP contribution in [0.3, 0.4) is 0 Å². The molecule has 0 N–H and O–H groups in total. The number of benzene rings is 9. The molecule has 49 heavy (non-hydrogen) atoms. The van der Waals surface area contributed by atoms with Gasteiger partial charge in [-0.15, -0.1) is 0 Å². The van der Waals surface area contributed by atoms with E-state index in [1.165, 1.54) is 87.5 Å². The van der Waals surface area contributed by atoms with Gasteiger partial charge in [0.2, 0.25) is 0 Å². The Morgan fingerprint density at radius 3 is 1.39 bits per heavy atom. The third-order valence-corrected chi connectivity index (χ3v) is 10.2. The fourth-order valence-corrected chi connectivity index (χ4v) is 7.85. The van der Waals surface area contributed by atoms with Gasteiger partial charge in [0.05, 0.1) is 11.0 Å². The number of hydrogen-bond acceptors (Lipinski definition) is 0. The van der Waals surface area contributed by atoms with Gasteiger partial charge in [-0.2, -0.15) is 0 Å².